The van der Waals surface area contributed by atoms with Crippen LogP contribution in [0, 0.1) is 0 Å². The number of hydrogen-bond donors (Lipinski definition) is 1. The summed E-state index contributed by atoms with van der Waals surface area (Å²) in [5, 5.41) is 10.1. The van der Waals surface area contributed by atoms with E-state index < -0.39 is 11.9 Å². The van der Waals surface area contributed by atoms with E-state index in [2.05, 4.69) is 11.7 Å². The minimum atomic E-state index is -0.778. The molecule has 0 bridgehead atoms. The number of carbonyl (C=O) groups excluding carboxylic acids is 2. The number of rotatable bonds is 7. The van der Waals surface area contributed by atoms with Crippen molar-refractivity contribution in [1.82, 2.24) is 0 Å². The third-order valence-corrected chi connectivity index (χ3v) is 3.38. The SMILES string of the molecule is CCCCCc1cc(O)c(C(=O)OC)c(OC)c1C(=O)OC. The van der Waals surface area contributed by atoms with Gasteiger partial charge >= 0.3 is 11.9 Å². The van der Waals surface area contributed by atoms with Crippen LogP contribution in [0.5, 0.6) is 11.5 Å². The highest BCUT2D eigenvalue weighted by Crippen LogP contribution is 2.36. The van der Waals surface area contributed by atoms with Crippen LogP contribution in [0.25, 0.3) is 0 Å². The summed E-state index contributed by atoms with van der Waals surface area (Å²) in [4.78, 5) is 23.9. The number of benzene rings is 1. The van der Waals surface area contributed by atoms with Gasteiger partial charge in [-0.1, -0.05) is 19.8 Å². The summed E-state index contributed by atoms with van der Waals surface area (Å²) in [5.41, 5.74) is 0.561. The molecule has 6 nitrogen and oxygen atoms in total. The fourth-order valence-corrected chi connectivity index (χ4v) is 2.29. The largest absolute Gasteiger partial charge is 0.507 e. The number of phenolic OH excluding ortho intramolecular Hbond substituents is 1. The fraction of sp³-hybridized carbons (Fsp3) is 0.500. The standard InChI is InChI=1S/C16H22O6/c1-5-6-7-8-10-9-11(17)13(16(19)22-4)14(20-2)12(10)15(18)21-3/h9,17H,5-8H2,1-4H3. The molecule has 0 saturated carbocycles. The van der Waals surface area contributed by atoms with Gasteiger partial charge in [0.15, 0.2) is 5.75 Å². The van der Waals surface area contributed by atoms with E-state index in [9.17, 15) is 14.7 Å². The summed E-state index contributed by atoms with van der Waals surface area (Å²) in [6.07, 6.45) is 3.43. The molecule has 0 radical (unpaired) electrons. The number of aryl methyl sites for hydroxylation is 1. The van der Waals surface area contributed by atoms with Crippen molar-refractivity contribution in [3.63, 3.8) is 0 Å². The zero-order chi connectivity index (χ0) is 16.7. The average Bonchev–Trinajstić information content (AvgIpc) is 2.52. The van der Waals surface area contributed by atoms with Crippen LogP contribution in [0.4, 0.5) is 0 Å². The first-order valence-corrected chi connectivity index (χ1v) is 7.11. The van der Waals surface area contributed by atoms with Crippen molar-refractivity contribution in [2.24, 2.45) is 0 Å². The Morgan fingerprint density at radius 2 is 1.64 bits per heavy atom. The second kappa shape index (κ2) is 8.26. The van der Waals surface area contributed by atoms with Gasteiger partial charge in [-0.15, -0.1) is 0 Å². The zero-order valence-corrected chi connectivity index (χ0v) is 13.4. The highest BCUT2D eigenvalue weighted by molar-refractivity contribution is 6.03. The maximum Gasteiger partial charge on any atom is 0.345 e. The Bertz CT molecular complexity index is 550. The van der Waals surface area contributed by atoms with Crippen LogP contribution in [0.1, 0.15) is 52.5 Å². The molecule has 0 aliphatic rings. The van der Waals surface area contributed by atoms with Gasteiger partial charge < -0.3 is 19.3 Å². The lowest BCUT2D eigenvalue weighted by Crippen LogP contribution is -2.13. The van der Waals surface area contributed by atoms with E-state index in [0.29, 0.717) is 12.0 Å². The van der Waals surface area contributed by atoms with E-state index in [1.165, 1.54) is 27.4 Å². The van der Waals surface area contributed by atoms with Gasteiger partial charge in [-0.3, -0.25) is 0 Å². The molecule has 0 aliphatic heterocycles. The number of esters is 2. The van der Waals surface area contributed by atoms with Crippen LogP contribution >= 0.6 is 0 Å². The Morgan fingerprint density at radius 1 is 1.05 bits per heavy atom. The van der Waals surface area contributed by atoms with Crippen LogP contribution in [-0.2, 0) is 15.9 Å². The molecule has 1 N–H and O–H groups in total. The van der Waals surface area contributed by atoms with Crippen LogP contribution in [0.3, 0.4) is 0 Å². The molecule has 22 heavy (non-hydrogen) atoms. The number of phenols is 1. The Kier molecular flexibility index (Phi) is 6.69. The predicted octanol–water partition coefficient (Wildman–Crippen LogP) is 2.71. The molecule has 0 aromatic heterocycles. The molecule has 1 rings (SSSR count). The maximum atomic E-state index is 12.1. The quantitative estimate of drug-likeness (QED) is 0.616. The van der Waals surface area contributed by atoms with E-state index in [1.807, 2.05) is 0 Å². The molecule has 6 heteroatoms. The first-order valence-electron chi connectivity index (χ1n) is 7.11. The summed E-state index contributed by atoms with van der Waals surface area (Å²) < 4.78 is 14.6. The van der Waals surface area contributed by atoms with Crippen molar-refractivity contribution in [3.05, 3.63) is 22.8 Å². The van der Waals surface area contributed by atoms with E-state index in [1.54, 1.807) is 0 Å². The summed E-state index contributed by atoms with van der Waals surface area (Å²) in [6, 6.07) is 1.40. The topological polar surface area (TPSA) is 82.1 Å². The molecule has 0 spiro atoms. The van der Waals surface area contributed by atoms with Gasteiger partial charge in [0.05, 0.1) is 21.3 Å². The molecule has 0 heterocycles. The molecular formula is C16H22O6. The van der Waals surface area contributed by atoms with Gasteiger partial charge in [0.25, 0.3) is 0 Å². The predicted molar refractivity (Wildman–Crippen MR) is 80.6 cm³/mol. The van der Waals surface area contributed by atoms with E-state index in [-0.39, 0.29) is 22.6 Å². The van der Waals surface area contributed by atoms with Crippen molar-refractivity contribution in [2.75, 3.05) is 21.3 Å². The molecule has 0 aliphatic carbocycles. The Hall–Kier alpha value is -2.24. The molecular weight excluding hydrogens is 288 g/mol. The number of hydrogen-bond acceptors (Lipinski definition) is 6. The van der Waals surface area contributed by atoms with Gasteiger partial charge in [-0.25, -0.2) is 9.59 Å². The summed E-state index contributed by atoms with van der Waals surface area (Å²) in [5.74, 6) is -1.69. The number of unbranched alkanes of at least 4 members (excludes halogenated alkanes) is 2. The first kappa shape index (κ1) is 17.8. The molecule has 0 amide bonds. The van der Waals surface area contributed by atoms with Crippen LogP contribution in [0.2, 0.25) is 0 Å². The van der Waals surface area contributed by atoms with Crippen LogP contribution < -0.4 is 4.74 Å². The lowest BCUT2D eigenvalue weighted by atomic mass is 9.96. The fourth-order valence-electron chi connectivity index (χ4n) is 2.29. The molecule has 0 unspecified atom stereocenters. The highest BCUT2D eigenvalue weighted by atomic mass is 16.5. The molecule has 1 aromatic carbocycles. The molecule has 0 saturated heterocycles. The number of methoxy groups -OCH3 is 3. The molecule has 1 aromatic rings. The van der Waals surface area contributed by atoms with Crippen molar-refractivity contribution >= 4 is 11.9 Å². The second-order valence-corrected chi connectivity index (χ2v) is 4.78. The van der Waals surface area contributed by atoms with E-state index >= 15 is 0 Å². The highest BCUT2D eigenvalue weighted by Gasteiger charge is 2.28. The molecule has 0 fully saturated rings. The Morgan fingerprint density at radius 3 is 2.14 bits per heavy atom. The van der Waals surface area contributed by atoms with E-state index in [0.717, 1.165) is 19.3 Å². The Labute approximate surface area is 130 Å². The third-order valence-electron chi connectivity index (χ3n) is 3.38. The number of carbonyl (C=O) groups is 2. The second-order valence-electron chi connectivity index (χ2n) is 4.78. The number of aromatic hydroxyl groups is 1. The lowest BCUT2D eigenvalue weighted by molar-refractivity contribution is 0.0589. The first-order chi connectivity index (χ1) is 10.5. The van der Waals surface area contributed by atoms with Crippen molar-refractivity contribution in [2.45, 2.75) is 32.6 Å². The normalized spacial score (nSPS) is 10.2. The summed E-state index contributed by atoms with van der Waals surface area (Å²) in [6.45, 7) is 2.07. The van der Waals surface area contributed by atoms with Gasteiger partial charge in [0, 0.05) is 0 Å². The van der Waals surface area contributed by atoms with Crippen molar-refractivity contribution in [3.8, 4) is 11.5 Å². The minimum absolute atomic E-state index is 0.0230. The molecule has 122 valence electrons. The van der Waals surface area contributed by atoms with Crippen molar-refractivity contribution in [1.29, 1.82) is 0 Å². The minimum Gasteiger partial charge on any atom is -0.507 e. The summed E-state index contributed by atoms with van der Waals surface area (Å²) in [7, 11) is 3.76. The molecule has 0 atom stereocenters. The van der Waals surface area contributed by atoms with E-state index in [4.69, 9.17) is 9.47 Å². The van der Waals surface area contributed by atoms with Crippen LogP contribution in [0.15, 0.2) is 6.07 Å². The number of ether oxygens (including phenoxy) is 3. The van der Waals surface area contributed by atoms with Gasteiger partial charge in [-0.2, -0.15) is 0 Å². The maximum absolute atomic E-state index is 12.1. The third kappa shape index (κ3) is 3.69. The lowest BCUT2D eigenvalue weighted by Gasteiger charge is -2.16. The van der Waals surface area contributed by atoms with Gasteiger partial charge in [-0.05, 0) is 24.5 Å². The van der Waals surface area contributed by atoms with Gasteiger partial charge in [0.1, 0.15) is 16.9 Å². The van der Waals surface area contributed by atoms with Gasteiger partial charge in [0.2, 0.25) is 0 Å². The summed E-state index contributed by atoms with van der Waals surface area (Å²) >= 11 is 0. The average molecular weight is 310 g/mol. The monoisotopic (exact) mass is 310 g/mol. The van der Waals surface area contributed by atoms with Crippen LogP contribution in [-0.4, -0.2) is 38.4 Å². The Balaban J connectivity index is 3.48. The van der Waals surface area contributed by atoms with Crippen molar-refractivity contribution < 1.29 is 28.9 Å². The zero-order valence-electron chi connectivity index (χ0n) is 13.4. The smallest absolute Gasteiger partial charge is 0.345 e.